The zero-order chi connectivity index (χ0) is 23.7. The van der Waals surface area contributed by atoms with Crippen LogP contribution in [0.15, 0.2) is 88.1 Å². The van der Waals surface area contributed by atoms with Crippen LogP contribution in [0.3, 0.4) is 0 Å². The first-order valence-electron chi connectivity index (χ1n) is 10.8. The molecule has 3 aromatic carbocycles. The summed E-state index contributed by atoms with van der Waals surface area (Å²) in [5, 5.41) is 0. The van der Waals surface area contributed by atoms with E-state index in [1.54, 1.807) is 40.5 Å². The fourth-order valence-corrected chi connectivity index (χ4v) is 7.58. The second-order valence-corrected chi connectivity index (χ2v) is 12.2. The number of para-hydroxylation sites is 1. The largest absolute Gasteiger partial charge is 0.320 e. The number of amides is 1. The van der Waals surface area contributed by atoms with E-state index < -0.39 is 16.2 Å². The third-order valence-corrected chi connectivity index (χ3v) is 9.80. The lowest BCUT2D eigenvalue weighted by atomic mass is 10.1. The average molecular weight is 510 g/mol. The summed E-state index contributed by atoms with van der Waals surface area (Å²) >= 11 is 2.95. The summed E-state index contributed by atoms with van der Waals surface area (Å²) in [5.74, 6) is 0.0846. The fraction of sp³-hybridized carbons (Fsp3) is 0.200. The maximum Gasteiger partial charge on any atom is 0.245 e. The summed E-state index contributed by atoms with van der Waals surface area (Å²) in [7, 11) is -3.78. The van der Waals surface area contributed by atoms with Gasteiger partial charge in [0.1, 0.15) is 6.17 Å². The Morgan fingerprint density at radius 1 is 1.00 bits per heavy atom. The van der Waals surface area contributed by atoms with Crippen LogP contribution in [0.2, 0.25) is 0 Å². The van der Waals surface area contributed by atoms with E-state index in [1.165, 1.54) is 16.1 Å². The Labute approximate surface area is 207 Å². The van der Waals surface area contributed by atoms with Crippen molar-refractivity contribution in [1.82, 2.24) is 14.2 Å². The molecule has 0 N–H and O–H groups in total. The van der Waals surface area contributed by atoms with E-state index in [4.69, 9.17) is 0 Å². The number of thioether (sulfide) groups is 1. The number of aryl methyl sites for hydroxylation is 1. The number of hydrogen-bond donors (Lipinski definition) is 0. The molecule has 2 heterocycles. The van der Waals surface area contributed by atoms with Gasteiger partial charge in [0.2, 0.25) is 15.9 Å². The smallest absolute Gasteiger partial charge is 0.245 e. The van der Waals surface area contributed by atoms with Crippen molar-refractivity contribution in [3.05, 3.63) is 90.0 Å². The highest BCUT2D eigenvalue weighted by Crippen LogP contribution is 2.36. The first kappa shape index (κ1) is 23.0. The minimum Gasteiger partial charge on any atom is -0.320 e. The Bertz CT molecular complexity index is 1390. The van der Waals surface area contributed by atoms with Crippen molar-refractivity contribution >= 4 is 49.2 Å². The molecule has 1 aliphatic rings. The topological polar surface area (TPSA) is 70.6 Å². The van der Waals surface area contributed by atoms with Gasteiger partial charge in [-0.1, -0.05) is 71.9 Å². The van der Waals surface area contributed by atoms with Gasteiger partial charge in [-0.15, -0.1) is 11.3 Å². The zero-order valence-corrected chi connectivity index (χ0v) is 20.9. The minimum absolute atomic E-state index is 0.111. The number of nitrogens with zero attached hydrogens (tertiary/aromatic N) is 3. The molecule has 0 spiro atoms. The van der Waals surface area contributed by atoms with Gasteiger partial charge in [0, 0.05) is 13.1 Å². The molecule has 0 aliphatic carbocycles. The van der Waals surface area contributed by atoms with Crippen LogP contribution in [0.5, 0.6) is 0 Å². The molecule has 1 atom stereocenters. The molecule has 1 saturated heterocycles. The van der Waals surface area contributed by atoms with Crippen molar-refractivity contribution in [2.75, 3.05) is 18.8 Å². The molecule has 1 amide bonds. The lowest BCUT2D eigenvalue weighted by Crippen LogP contribution is -2.38. The van der Waals surface area contributed by atoms with Crippen molar-refractivity contribution in [3.63, 3.8) is 0 Å². The number of carbonyl (C=O) groups is 1. The van der Waals surface area contributed by atoms with Crippen LogP contribution in [0.4, 0.5) is 0 Å². The Hall–Kier alpha value is -2.72. The number of aromatic nitrogens is 1. The second kappa shape index (κ2) is 9.50. The first-order valence-corrected chi connectivity index (χ1v) is 14.1. The molecule has 9 heteroatoms. The minimum atomic E-state index is -3.78. The van der Waals surface area contributed by atoms with Gasteiger partial charge >= 0.3 is 0 Å². The van der Waals surface area contributed by atoms with Crippen LogP contribution >= 0.6 is 23.1 Å². The highest BCUT2D eigenvalue weighted by Gasteiger charge is 2.43. The molecule has 4 aromatic rings. The van der Waals surface area contributed by atoms with Crippen molar-refractivity contribution in [2.24, 2.45) is 0 Å². The normalized spacial score (nSPS) is 16.9. The summed E-state index contributed by atoms with van der Waals surface area (Å²) in [6.07, 6.45) is -0.684. The predicted molar refractivity (Wildman–Crippen MR) is 136 cm³/mol. The molecule has 1 aliphatic heterocycles. The summed E-state index contributed by atoms with van der Waals surface area (Å²) in [6, 6.07) is 24.1. The lowest BCUT2D eigenvalue weighted by Gasteiger charge is -2.30. The molecular weight excluding hydrogens is 486 g/mol. The summed E-state index contributed by atoms with van der Waals surface area (Å²) in [4.78, 5) is 19.8. The average Bonchev–Trinajstić information content (AvgIpc) is 3.48. The molecule has 6 nitrogen and oxygen atoms in total. The van der Waals surface area contributed by atoms with Gasteiger partial charge in [0.05, 0.1) is 20.9 Å². The monoisotopic (exact) mass is 509 g/mol. The summed E-state index contributed by atoms with van der Waals surface area (Å²) in [6.45, 7) is 2.50. The molecule has 1 fully saturated rings. The Kier molecular flexibility index (Phi) is 6.44. The van der Waals surface area contributed by atoms with Gasteiger partial charge in [0.15, 0.2) is 4.34 Å². The van der Waals surface area contributed by atoms with E-state index in [-0.39, 0.29) is 23.1 Å². The van der Waals surface area contributed by atoms with Crippen molar-refractivity contribution in [1.29, 1.82) is 0 Å². The van der Waals surface area contributed by atoms with E-state index in [2.05, 4.69) is 4.98 Å². The van der Waals surface area contributed by atoms with Gasteiger partial charge < -0.3 is 4.90 Å². The predicted octanol–water partition coefficient (Wildman–Crippen LogP) is 4.93. The summed E-state index contributed by atoms with van der Waals surface area (Å²) in [5.41, 5.74) is 2.68. The van der Waals surface area contributed by atoms with E-state index >= 15 is 0 Å². The Morgan fingerprint density at radius 3 is 2.44 bits per heavy atom. The van der Waals surface area contributed by atoms with Crippen LogP contribution in [0.25, 0.3) is 10.2 Å². The van der Waals surface area contributed by atoms with E-state index in [1.807, 2.05) is 61.5 Å². The molecule has 5 rings (SSSR count). The molecule has 34 heavy (non-hydrogen) atoms. The standard InChI is InChI=1S/C25H23N3O3S3/c1-18-11-13-20(14-12-18)34(30,31)28-16-15-27(24(28)19-7-3-2-4-8-19)23(29)17-32-25-26-21-9-5-6-10-22(21)33-25/h2-14,24H,15-17H2,1H3/t24-/m0/s1. The van der Waals surface area contributed by atoms with Gasteiger partial charge in [-0.3, -0.25) is 4.79 Å². The van der Waals surface area contributed by atoms with Gasteiger partial charge in [-0.2, -0.15) is 4.31 Å². The zero-order valence-electron chi connectivity index (χ0n) is 18.5. The first-order chi connectivity index (χ1) is 16.4. The number of fused-ring (bicyclic) bond motifs is 1. The molecule has 0 radical (unpaired) electrons. The maximum absolute atomic E-state index is 13.6. The van der Waals surface area contributed by atoms with E-state index in [0.717, 1.165) is 25.7 Å². The fourth-order valence-electron chi connectivity index (χ4n) is 4.06. The van der Waals surface area contributed by atoms with Crippen LogP contribution in [-0.4, -0.2) is 47.4 Å². The molecule has 0 bridgehead atoms. The van der Waals surface area contributed by atoms with Crippen LogP contribution < -0.4 is 0 Å². The number of carbonyl (C=O) groups excluding carboxylic acids is 1. The molecule has 174 valence electrons. The maximum atomic E-state index is 13.6. The van der Waals surface area contributed by atoms with Crippen LogP contribution in [0, 0.1) is 6.92 Å². The number of thiazole rings is 1. The van der Waals surface area contributed by atoms with Gasteiger partial charge in [-0.25, -0.2) is 13.4 Å². The number of hydrogen-bond acceptors (Lipinski definition) is 6. The lowest BCUT2D eigenvalue weighted by molar-refractivity contribution is -0.130. The third kappa shape index (κ3) is 4.48. The second-order valence-electron chi connectivity index (χ2n) is 8.04. The molecule has 0 saturated carbocycles. The molecule has 0 unspecified atom stereocenters. The van der Waals surface area contributed by atoms with E-state index in [9.17, 15) is 13.2 Å². The highest BCUT2D eigenvalue weighted by molar-refractivity contribution is 8.01. The SMILES string of the molecule is Cc1ccc(S(=O)(=O)N2CCN(C(=O)CSc3nc4ccccc4s3)[C@@H]2c2ccccc2)cc1. The van der Waals surface area contributed by atoms with Gasteiger partial charge in [0.25, 0.3) is 0 Å². The number of sulfonamides is 1. The molecular formula is C25H23N3O3S3. The van der Waals surface area contributed by atoms with E-state index in [0.29, 0.717) is 6.54 Å². The Balaban J connectivity index is 1.41. The third-order valence-electron chi connectivity index (χ3n) is 5.77. The van der Waals surface area contributed by atoms with Crippen LogP contribution in [-0.2, 0) is 14.8 Å². The number of rotatable bonds is 6. The van der Waals surface area contributed by atoms with Crippen molar-refractivity contribution in [2.45, 2.75) is 22.3 Å². The molecule has 1 aromatic heterocycles. The van der Waals surface area contributed by atoms with Crippen LogP contribution in [0.1, 0.15) is 17.3 Å². The quantitative estimate of drug-likeness (QED) is 0.345. The Morgan fingerprint density at radius 2 is 1.71 bits per heavy atom. The van der Waals surface area contributed by atoms with Crippen molar-refractivity contribution < 1.29 is 13.2 Å². The van der Waals surface area contributed by atoms with Gasteiger partial charge in [-0.05, 0) is 36.8 Å². The number of benzene rings is 3. The van der Waals surface area contributed by atoms with Crippen molar-refractivity contribution in [3.8, 4) is 0 Å². The summed E-state index contributed by atoms with van der Waals surface area (Å²) < 4.78 is 30.4. The highest BCUT2D eigenvalue weighted by atomic mass is 32.2.